The van der Waals surface area contributed by atoms with Gasteiger partial charge >= 0.3 is 0 Å². The number of hydrogen-bond donors (Lipinski definition) is 1. The minimum atomic E-state index is 0.462. The molecule has 1 aromatic rings. The lowest BCUT2D eigenvalue weighted by atomic mass is 9.79. The van der Waals surface area contributed by atoms with E-state index in [-0.39, 0.29) is 0 Å². The Labute approximate surface area is 83.3 Å². The minimum Gasteiger partial charge on any atom is -0.396 e. The Hall–Kier alpha value is -1.50. The molecule has 0 saturated heterocycles. The predicted molar refractivity (Wildman–Crippen MR) is 53.4 cm³/mol. The Morgan fingerprint density at radius 2 is 2.43 bits per heavy atom. The van der Waals surface area contributed by atoms with Crippen LogP contribution >= 0.6 is 0 Å². The molecule has 2 N–H and O–H groups in total. The van der Waals surface area contributed by atoms with Crippen LogP contribution in [0.3, 0.4) is 0 Å². The zero-order valence-corrected chi connectivity index (χ0v) is 8.27. The molecular weight excluding hydrogens is 176 g/mol. The van der Waals surface area contributed by atoms with Crippen LogP contribution in [0.4, 0.5) is 5.69 Å². The molecule has 0 bridgehead atoms. The van der Waals surface area contributed by atoms with Crippen LogP contribution in [0.25, 0.3) is 0 Å². The van der Waals surface area contributed by atoms with E-state index < -0.39 is 0 Å². The molecule has 1 aromatic heterocycles. The van der Waals surface area contributed by atoms with Gasteiger partial charge in [0.1, 0.15) is 0 Å². The first-order valence-electron chi connectivity index (χ1n) is 4.89. The molecule has 4 heteroatoms. The number of nitrogen functional groups attached to an aromatic ring is 1. The van der Waals surface area contributed by atoms with E-state index in [1.165, 1.54) is 0 Å². The highest BCUT2D eigenvalue weighted by Crippen LogP contribution is 2.39. The van der Waals surface area contributed by atoms with Crippen LogP contribution in [0.5, 0.6) is 0 Å². The molecule has 1 aliphatic carbocycles. The average Bonchev–Trinajstić information content (AvgIpc) is 2.38. The van der Waals surface area contributed by atoms with Gasteiger partial charge in [0.05, 0.1) is 23.5 Å². The van der Waals surface area contributed by atoms with Crippen molar-refractivity contribution in [1.29, 1.82) is 5.26 Å². The first kappa shape index (κ1) is 9.07. The SMILES string of the molecule is Cc1nn(C2CC(CC#N)C2)cc1N. The van der Waals surface area contributed by atoms with Gasteiger partial charge in [0, 0.05) is 12.6 Å². The summed E-state index contributed by atoms with van der Waals surface area (Å²) in [6.45, 7) is 1.91. The second-order valence-electron chi connectivity index (χ2n) is 4.00. The van der Waals surface area contributed by atoms with Crippen molar-refractivity contribution in [3.05, 3.63) is 11.9 Å². The summed E-state index contributed by atoms with van der Waals surface area (Å²) in [5, 5.41) is 12.8. The van der Waals surface area contributed by atoms with Gasteiger partial charge in [-0.1, -0.05) is 0 Å². The average molecular weight is 190 g/mol. The Morgan fingerprint density at radius 3 is 2.93 bits per heavy atom. The van der Waals surface area contributed by atoms with Gasteiger partial charge in [-0.05, 0) is 25.7 Å². The highest BCUT2D eigenvalue weighted by Gasteiger charge is 2.30. The number of nitrogens with two attached hydrogens (primary N) is 1. The number of anilines is 1. The zero-order valence-electron chi connectivity index (χ0n) is 8.27. The van der Waals surface area contributed by atoms with Crippen molar-refractivity contribution in [2.45, 2.75) is 32.2 Å². The van der Waals surface area contributed by atoms with E-state index in [2.05, 4.69) is 11.2 Å². The van der Waals surface area contributed by atoms with Crippen LogP contribution < -0.4 is 5.73 Å². The summed E-state index contributed by atoms with van der Waals surface area (Å²) in [4.78, 5) is 0. The van der Waals surface area contributed by atoms with Crippen molar-refractivity contribution in [2.24, 2.45) is 5.92 Å². The Bertz CT molecular complexity index is 348. The van der Waals surface area contributed by atoms with Gasteiger partial charge in [-0.2, -0.15) is 10.4 Å². The van der Waals surface area contributed by atoms with Gasteiger partial charge in [-0.25, -0.2) is 0 Å². The monoisotopic (exact) mass is 190 g/mol. The molecule has 0 unspecified atom stereocenters. The molecule has 0 aromatic carbocycles. The van der Waals surface area contributed by atoms with Gasteiger partial charge in [0.2, 0.25) is 0 Å². The van der Waals surface area contributed by atoms with Crippen LogP contribution in [-0.2, 0) is 0 Å². The second kappa shape index (κ2) is 3.33. The first-order valence-corrected chi connectivity index (χ1v) is 4.89. The Morgan fingerprint density at radius 1 is 1.71 bits per heavy atom. The van der Waals surface area contributed by atoms with Gasteiger partial charge < -0.3 is 5.73 Å². The lowest BCUT2D eigenvalue weighted by Crippen LogP contribution is -2.26. The molecule has 0 aliphatic heterocycles. The molecule has 4 nitrogen and oxygen atoms in total. The topological polar surface area (TPSA) is 67.6 Å². The fraction of sp³-hybridized carbons (Fsp3) is 0.600. The third-order valence-corrected chi connectivity index (χ3v) is 2.92. The van der Waals surface area contributed by atoms with Crippen molar-refractivity contribution >= 4 is 5.69 Å². The Kier molecular flexibility index (Phi) is 2.16. The molecule has 74 valence electrons. The summed E-state index contributed by atoms with van der Waals surface area (Å²) in [5.74, 6) is 0.565. The third kappa shape index (κ3) is 1.46. The number of nitriles is 1. The quantitative estimate of drug-likeness (QED) is 0.770. The number of aromatic nitrogens is 2. The predicted octanol–water partition coefficient (Wildman–Crippen LogP) is 1.64. The molecule has 1 saturated carbocycles. The van der Waals surface area contributed by atoms with E-state index in [1.54, 1.807) is 0 Å². The van der Waals surface area contributed by atoms with E-state index in [0.717, 1.165) is 24.2 Å². The summed E-state index contributed by atoms with van der Waals surface area (Å²) < 4.78 is 1.94. The summed E-state index contributed by atoms with van der Waals surface area (Å²) >= 11 is 0. The molecule has 0 amide bonds. The van der Waals surface area contributed by atoms with Crippen molar-refractivity contribution in [1.82, 2.24) is 9.78 Å². The van der Waals surface area contributed by atoms with E-state index in [0.29, 0.717) is 18.4 Å². The van der Waals surface area contributed by atoms with Crippen LogP contribution in [0.2, 0.25) is 0 Å². The number of rotatable bonds is 2. The molecule has 0 atom stereocenters. The maximum atomic E-state index is 8.51. The summed E-state index contributed by atoms with van der Waals surface area (Å²) in [7, 11) is 0. The fourth-order valence-corrected chi connectivity index (χ4v) is 1.90. The van der Waals surface area contributed by atoms with Gasteiger partial charge in [0.25, 0.3) is 0 Å². The third-order valence-electron chi connectivity index (χ3n) is 2.92. The standard InChI is InChI=1S/C10H14N4/c1-7-10(12)6-14(13-7)9-4-8(5-9)2-3-11/h6,8-9H,2,4-5,12H2,1H3. The lowest BCUT2D eigenvalue weighted by molar-refractivity contribution is 0.187. The number of nitrogens with zero attached hydrogens (tertiary/aromatic N) is 3. The second-order valence-corrected chi connectivity index (χ2v) is 4.00. The molecule has 1 heterocycles. The van der Waals surface area contributed by atoms with Gasteiger partial charge in [-0.15, -0.1) is 0 Å². The highest BCUT2D eigenvalue weighted by atomic mass is 15.3. The molecule has 1 aliphatic rings. The summed E-state index contributed by atoms with van der Waals surface area (Å²) in [6, 6.07) is 2.67. The summed E-state index contributed by atoms with van der Waals surface area (Å²) in [6.07, 6.45) is 4.69. The van der Waals surface area contributed by atoms with Gasteiger partial charge in [0.15, 0.2) is 0 Å². The molecule has 0 radical (unpaired) electrons. The van der Waals surface area contributed by atoms with Crippen LogP contribution in [0.15, 0.2) is 6.20 Å². The first-order chi connectivity index (χ1) is 6.70. The van der Waals surface area contributed by atoms with Crippen molar-refractivity contribution in [2.75, 3.05) is 5.73 Å². The molecular formula is C10H14N4. The molecule has 1 fully saturated rings. The largest absolute Gasteiger partial charge is 0.396 e. The van der Waals surface area contributed by atoms with E-state index in [1.807, 2.05) is 17.8 Å². The minimum absolute atomic E-state index is 0.462. The number of hydrogen-bond acceptors (Lipinski definition) is 3. The van der Waals surface area contributed by atoms with Crippen LogP contribution in [0.1, 0.15) is 31.0 Å². The zero-order chi connectivity index (χ0) is 10.1. The smallest absolute Gasteiger partial charge is 0.0823 e. The lowest BCUT2D eigenvalue weighted by Gasteiger charge is -2.33. The van der Waals surface area contributed by atoms with Crippen molar-refractivity contribution < 1.29 is 0 Å². The fourth-order valence-electron chi connectivity index (χ4n) is 1.90. The van der Waals surface area contributed by atoms with Crippen LogP contribution in [0, 0.1) is 24.2 Å². The van der Waals surface area contributed by atoms with Crippen LogP contribution in [-0.4, -0.2) is 9.78 Å². The summed E-state index contributed by atoms with van der Waals surface area (Å²) in [5.41, 5.74) is 7.37. The van der Waals surface area contributed by atoms with E-state index >= 15 is 0 Å². The van der Waals surface area contributed by atoms with Crippen molar-refractivity contribution in [3.8, 4) is 6.07 Å². The Balaban J connectivity index is 1.97. The normalized spacial score (nSPS) is 25.4. The van der Waals surface area contributed by atoms with E-state index in [4.69, 9.17) is 11.0 Å². The highest BCUT2D eigenvalue weighted by molar-refractivity contribution is 5.39. The maximum Gasteiger partial charge on any atom is 0.0823 e. The number of aryl methyl sites for hydroxylation is 1. The van der Waals surface area contributed by atoms with Crippen molar-refractivity contribution in [3.63, 3.8) is 0 Å². The molecule has 2 rings (SSSR count). The maximum absolute atomic E-state index is 8.51. The molecule has 0 spiro atoms. The van der Waals surface area contributed by atoms with E-state index in [9.17, 15) is 0 Å². The molecule has 14 heavy (non-hydrogen) atoms. The van der Waals surface area contributed by atoms with Gasteiger partial charge in [-0.3, -0.25) is 4.68 Å².